The SMILES string of the molecule is CC[C]1C2CCCN12. The molecule has 2 fully saturated rings. The molecule has 2 atom stereocenters. The molecule has 2 unspecified atom stereocenters. The van der Waals surface area contributed by atoms with Crippen LogP contribution in [0.1, 0.15) is 26.2 Å². The zero-order valence-corrected chi connectivity index (χ0v) is 5.35. The van der Waals surface area contributed by atoms with E-state index in [4.69, 9.17) is 0 Å². The molecule has 0 bridgehead atoms. The Balaban J connectivity index is 1.94. The van der Waals surface area contributed by atoms with Crippen LogP contribution in [0.5, 0.6) is 0 Å². The summed E-state index contributed by atoms with van der Waals surface area (Å²) >= 11 is 0. The Labute approximate surface area is 50.7 Å². The van der Waals surface area contributed by atoms with Crippen molar-refractivity contribution in [3.8, 4) is 0 Å². The number of hydrogen-bond acceptors (Lipinski definition) is 1. The van der Waals surface area contributed by atoms with Gasteiger partial charge in [-0.2, -0.15) is 0 Å². The van der Waals surface area contributed by atoms with Crippen molar-refractivity contribution in [2.24, 2.45) is 0 Å². The standard InChI is InChI=1S/C7H12N/c1-2-6-7-4-3-5-8(6)7/h7H,2-5H2,1H3. The number of nitrogens with zero attached hydrogens (tertiary/aromatic N) is 1. The highest BCUT2D eigenvalue weighted by Gasteiger charge is 2.49. The monoisotopic (exact) mass is 110 g/mol. The number of piperidine rings is 1. The second-order valence-corrected chi connectivity index (χ2v) is 2.70. The highest BCUT2D eigenvalue weighted by atomic mass is 15.4. The third-order valence-corrected chi connectivity index (χ3v) is 2.30. The van der Waals surface area contributed by atoms with Crippen molar-refractivity contribution in [2.45, 2.75) is 32.2 Å². The van der Waals surface area contributed by atoms with E-state index in [9.17, 15) is 0 Å². The van der Waals surface area contributed by atoms with Crippen molar-refractivity contribution in [3.05, 3.63) is 6.04 Å². The summed E-state index contributed by atoms with van der Waals surface area (Å²) in [5, 5.41) is 0. The van der Waals surface area contributed by atoms with E-state index >= 15 is 0 Å². The first-order valence-electron chi connectivity index (χ1n) is 3.56. The summed E-state index contributed by atoms with van der Waals surface area (Å²) in [6.07, 6.45) is 4.18. The third-order valence-electron chi connectivity index (χ3n) is 2.30. The maximum absolute atomic E-state index is 2.54. The van der Waals surface area contributed by atoms with Gasteiger partial charge in [-0.25, -0.2) is 0 Å². The van der Waals surface area contributed by atoms with Gasteiger partial charge in [0.2, 0.25) is 0 Å². The first kappa shape index (κ1) is 4.80. The first-order chi connectivity index (χ1) is 3.93. The number of fused-ring (bicyclic) bond motifs is 1. The Morgan fingerprint density at radius 1 is 1.75 bits per heavy atom. The summed E-state index contributed by atoms with van der Waals surface area (Å²) < 4.78 is 0. The van der Waals surface area contributed by atoms with E-state index in [1.807, 2.05) is 0 Å². The maximum atomic E-state index is 2.54. The van der Waals surface area contributed by atoms with Crippen LogP contribution in [-0.4, -0.2) is 17.5 Å². The molecule has 2 aliphatic heterocycles. The van der Waals surface area contributed by atoms with E-state index in [1.165, 1.54) is 25.8 Å². The molecule has 0 aromatic carbocycles. The second kappa shape index (κ2) is 1.47. The summed E-state index contributed by atoms with van der Waals surface area (Å²) in [5.41, 5.74) is 0. The lowest BCUT2D eigenvalue weighted by Crippen LogP contribution is -1.94. The van der Waals surface area contributed by atoms with Gasteiger partial charge in [-0.1, -0.05) is 6.92 Å². The van der Waals surface area contributed by atoms with Gasteiger partial charge < -0.3 is 0 Å². The van der Waals surface area contributed by atoms with Gasteiger partial charge in [-0.05, 0) is 25.8 Å². The fourth-order valence-electron chi connectivity index (χ4n) is 1.85. The van der Waals surface area contributed by atoms with Crippen molar-refractivity contribution in [2.75, 3.05) is 6.54 Å². The minimum absolute atomic E-state index is 0.944. The summed E-state index contributed by atoms with van der Waals surface area (Å²) in [7, 11) is 0. The van der Waals surface area contributed by atoms with Gasteiger partial charge in [0.25, 0.3) is 0 Å². The minimum Gasteiger partial charge on any atom is -0.289 e. The van der Waals surface area contributed by atoms with Gasteiger partial charge in [0.05, 0.1) is 6.04 Å². The highest BCUT2D eigenvalue weighted by molar-refractivity contribution is 5.20. The molecule has 1 nitrogen and oxygen atoms in total. The van der Waals surface area contributed by atoms with Gasteiger partial charge in [-0.3, -0.25) is 4.90 Å². The fourth-order valence-corrected chi connectivity index (χ4v) is 1.85. The molecule has 2 heterocycles. The topological polar surface area (TPSA) is 3.01 Å². The van der Waals surface area contributed by atoms with E-state index in [0.717, 1.165) is 6.04 Å². The normalized spacial score (nSPS) is 44.6. The van der Waals surface area contributed by atoms with Gasteiger partial charge in [0.15, 0.2) is 0 Å². The van der Waals surface area contributed by atoms with Crippen molar-refractivity contribution in [3.63, 3.8) is 0 Å². The van der Waals surface area contributed by atoms with E-state index in [1.54, 1.807) is 6.04 Å². The molecule has 2 saturated heterocycles. The lowest BCUT2D eigenvalue weighted by atomic mass is 10.2. The van der Waals surface area contributed by atoms with E-state index < -0.39 is 0 Å². The van der Waals surface area contributed by atoms with Crippen LogP contribution in [-0.2, 0) is 0 Å². The molecule has 2 aliphatic rings. The summed E-state index contributed by atoms with van der Waals surface area (Å²) in [6, 6.07) is 2.66. The summed E-state index contributed by atoms with van der Waals surface area (Å²) in [5.74, 6) is 0. The molecular weight excluding hydrogens is 98.1 g/mol. The van der Waals surface area contributed by atoms with Gasteiger partial charge >= 0.3 is 0 Å². The lowest BCUT2D eigenvalue weighted by Gasteiger charge is -1.94. The fraction of sp³-hybridized carbons (Fsp3) is 0.857. The molecule has 0 aromatic heterocycles. The molecule has 1 heteroatoms. The zero-order valence-electron chi connectivity index (χ0n) is 5.35. The molecule has 0 amide bonds. The first-order valence-corrected chi connectivity index (χ1v) is 3.56. The molecule has 2 rings (SSSR count). The smallest absolute Gasteiger partial charge is 0.0564 e. The highest BCUT2D eigenvalue weighted by Crippen LogP contribution is 2.46. The molecular formula is C7H12N. The summed E-state index contributed by atoms with van der Waals surface area (Å²) in [6.45, 7) is 3.61. The Morgan fingerprint density at radius 2 is 2.62 bits per heavy atom. The second-order valence-electron chi connectivity index (χ2n) is 2.70. The Kier molecular flexibility index (Phi) is 0.884. The van der Waals surface area contributed by atoms with Gasteiger partial charge in [-0.15, -0.1) is 0 Å². The Hall–Kier alpha value is -0.0400. The van der Waals surface area contributed by atoms with Crippen LogP contribution in [0.3, 0.4) is 0 Å². The molecule has 0 spiro atoms. The van der Waals surface area contributed by atoms with Gasteiger partial charge in [0.1, 0.15) is 0 Å². The molecule has 0 aromatic rings. The molecule has 0 aliphatic carbocycles. The molecule has 1 radical (unpaired) electrons. The predicted molar refractivity (Wildman–Crippen MR) is 33.3 cm³/mol. The van der Waals surface area contributed by atoms with E-state index in [-0.39, 0.29) is 0 Å². The lowest BCUT2D eigenvalue weighted by molar-refractivity contribution is 0.578. The van der Waals surface area contributed by atoms with Crippen LogP contribution in [0.25, 0.3) is 0 Å². The molecule has 0 N–H and O–H groups in total. The van der Waals surface area contributed by atoms with Crippen LogP contribution >= 0.6 is 0 Å². The van der Waals surface area contributed by atoms with Gasteiger partial charge in [0, 0.05) is 6.04 Å². The van der Waals surface area contributed by atoms with Crippen LogP contribution in [0.15, 0.2) is 0 Å². The average Bonchev–Trinajstić information content (AvgIpc) is 2.22. The van der Waals surface area contributed by atoms with Crippen LogP contribution < -0.4 is 0 Å². The van der Waals surface area contributed by atoms with Crippen LogP contribution in [0.2, 0.25) is 0 Å². The molecule has 45 valence electrons. The summed E-state index contributed by atoms with van der Waals surface area (Å²) in [4.78, 5) is 2.54. The van der Waals surface area contributed by atoms with Crippen molar-refractivity contribution in [1.29, 1.82) is 0 Å². The zero-order chi connectivity index (χ0) is 5.56. The van der Waals surface area contributed by atoms with Crippen molar-refractivity contribution in [1.82, 2.24) is 4.90 Å². The minimum atomic E-state index is 0.944. The van der Waals surface area contributed by atoms with Crippen LogP contribution in [0.4, 0.5) is 0 Å². The van der Waals surface area contributed by atoms with E-state index in [0.29, 0.717) is 0 Å². The number of hydrogen-bond donors (Lipinski definition) is 0. The predicted octanol–water partition coefficient (Wildman–Crippen LogP) is 1.41. The van der Waals surface area contributed by atoms with Crippen molar-refractivity contribution >= 4 is 0 Å². The Morgan fingerprint density at radius 3 is 3.00 bits per heavy atom. The third kappa shape index (κ3) is 0.455. The van der Waals surface area contributed by atoms with Crippen molar-refractivity contribution < 1.29 is 0 Å². The molecule has 0 saturated carbocycles. The van der Waals surface area contributed by atoms with E-state index in [2.05, 4.69) is 11.8 Å². The largest absolute Gasteiger partial charge is 0.289 e. The maximum Gasteiger partial charge on any atom is 0.0564 e. The Bertz CT molecular complexity index is 83.8. The molecule has 8 heavy (non-hydrogen) atoms. The van der Waals surface area contributed by atoms with Crippen LogP contribution in [0, 0.1) is 6.04 Å². The average molecular weight is 110 g/mol. The quantitative estimate of drug-likeness (QED) is 0.461. The number of rotatable bonds is 1.